The molecule has 0 aromatic heterocycles. The Morgan fingerprint density at radius 3 is 2.78 bits per heavy atom. The van der Waals surface area contributed by atoms with Crippen molar-refractivity contribution in [1.82, 2.24) is 4.90 Å². The molecule has 98 valence electrons. The summed E-state index contributed by atoms with van der Waals surface area (Å²) >= 11 is 6.07. The number of benzene rings is 1. The molecule has 0 bridgehead atoms. The number of piperidine rings is 1. The number of carbonyl (C=O) groups is 1. The van der Waals surface area contributed by atoms with Gasteiger partial charge in [-0.25, -0.2) is 8.78 Å². The van der Waals surface area contributed by atoms with Gasteiger partial charge < -0.3 is 4.90 Å². The van der Waals surface area contributed by atoms with E-state index < -0.39 is 17.5 Å². The van der Waals surface area contributed by atoms with E-state index in [-0.39, 0.29) is 16.9 Å². The monoisotopic (exact) mass is 273 g/mol. The first-order valence-electron chi connectivity index (χ1n) is 5.87. The summed E-state index contributed by atoms with van der Waals surface area (Å²) in [6, 6.07) is 3.00. The molecule has 2 atom stereocenters. The van der Waals surface area contributed by atoms with Gasteiger partial charge in [-0.3, -0.25) is 4.79 Å². The average molecular weight is 274 g/mol. The summed E-state index contributed by atoms with van der Waals surface area (Å²) < 4.78 is 26.3. The highest BCUT2D eigenvalue weighted by Gasteiger charge is 2.28. The Hall–Kier alpha value is -1.16. The Kier molecular flexibility index (Phi) is 3.85. The smallest absolute Gasteiger partial charge is 0.256 e. The third kappa shape index (κ3) is 2.64. The van der Waals surface area contributed by atoms with Crippen molar-refractivity contribution in [2.45, 2.75) is 18.7 Å². The van der Waals surface area contributed by atoms with E-state index >= 15 is 0 Å². The molecule has 1 fully saturated rings. The highest BCUT2D eigenvalue weighted by atomic mass is 35.5. The molecule has 0 radical (unpaired) electrons. The SMILES string of the molecule is CC1CN(C(=O)c2ccc(F)cc2F)CCC1Cl. The molecule has 0 spiro atoms. The minimum Gasteiger partial charge on any atom is -0.338 e. The lowest BCUT2D eigenvalue weighted by Crippen LogP contribution is -2.43. The maximum Gasteiger partial charge on any atom is 0.256 e. The van der Waals surface area contributed by atoms with E-state index in [9.17, 15) is 13.6 Å². The van der Waals surface area contributed by atoms with Crippen molar-refractivity contribution in [3.05, 3.63) is 35.4 Å². The molecule has 1 heterocycles. The van der Waals surface area contributed by atoms with Crippen LogP contribution < -0.4 is 0 Å². The minimum absolute atomic E-state index is 0.0483. The van der Waals surface area contributed by atoms with Crippen LogP contribution in [0.5, 0.6) is 0 Å². The molecular weight excluding hydrogens is 260 g/mol. The van der Waals surface area contributed by atoms with Crippen molar-refractivity contribution in [3.63, 3.8) is 0 Å². The summed E-state index contributed by atoms with van der Waals surface area (Å²) in [6.07, 6.45) is 0.692. The normalized spacial score (nSPS) is 24.1. The first-order valence-corrected chi connectivity index (χ1v) is 6.31. The Morgan fingerprint density at radius 1 is 1.44 bits per heavy atom. The van der Waals surface area contributed by atoms with Gasteiger partial charge in [0.05, 0.1) is 5.56 Å². The number of halogens is 3. The summed E-state index contributed by atoms with van der Waals surface area (Å²) in [5, 5.41) is 0.0483. The summed E-state index contributed by atoms with van der Waals surface area (Å²) in [5.41, 5.74) is -0.0865. The van der Waals surface area contributed by atoms with Gasteiger partial charge in [0.15, 0.2) is 0 Å². The fraction of sp³-hybridized carbons (Fsp3) is 0.462. The number of carbonyl (C=O) groups excluding carboxylic acids is 1. The van der Waals surface area contributed by atoms with E-state index in [4.69, 9.17) is 11.6 Å². The van der Waals surface area contributed by atoms with Gasteiger partial charge in [-0.15, -0.1) is 11.6 Å². The van der Waals surface area contributed by atoms with Crippen molar-refractivity contribution in [2.75, 3.05) is 13.1 Å². The van der Waals surface area contributed by atoms with E-state index in [1.807, 2.05) is 6.92 Å². The van der Waals surface area contributed by atoms with Crippen LogP contribution in [0.3, 0.4) is 0 Å². The molecule has 1 aliphatic heterocycles. The summed E-state index contributed by atoms with van der Waals surface area (Å²) in [6.45, 7) is 2.97. The summed E-state index contributed by atoms with van der Waals surface area (Å²) in [4.78, 5) is 13.7. The van der Waals surface area contributed by atoms with Crippen LogP contribution >= 0.6 is 11.6 Å². The van der Waals surface area contributed by atoms with E-state index in [0.29, 0.717) is 19.5 Å². The molecule has 0 saturated carbocycles. The Labute approximate surface area is 110 Å². The predicted octanol–water partition coefficient (Wildman–Crippen LogP) is 3.05. The number of rotatable bonds is 1. The Bertz CT molecular complexity index is 466. The summed E-state index contributed by atoms with van der Waals surface area (Å²) in [7, 11) is 0. The van der Waals surface area contributed by atoms with Gasteiger partial charge >= 0.3 is 0 Å². The fourth-order valence-electron chi connectivity index (χ4n) is 2.13. The number of likely N-dealkylation sites (tertiary alicyclic amines) is 1. The lowest BCUT2D eigenvalue weighted by Gasteiger charge is -2.34. The second kappa shape index (κ2) is 5.22. The maximum absolute atomic E-state index is 13.5. The van der Waals surface area contributed by atoms with Gasteiger partial charge in [-0.05, 0) is 24.5 Å². The third-order valence-electron chi connectivity index (χ3n) is 3.25. The van der Waals surface area contributed by atoms with Crippen molar-refractivity contribution in [1.29, 1.82) is 0 Å². The van der Waals surface area contributed by atoms with Gasteiger partial charge in [0.25, 0.3) is 5.91 Å². The Balaban J connectivity index is 2.16. The van der Waals surface area contributed by atoms with Crippen molar-refractivity contribution < 1.29 is 13.6 Å². The first kappa shape index (κ1) is 13.3. The van der Waals surface area contributed by atoms with Gasteiger partial charge in [-0.2, -0.15) is 0 Å². The molecule has 2 unspecified atom stereocenters. The number of hydrogen-bond donors (Lipinski definition) is 0. The van der Waals surface area contributed by atoms with E-state index in [0.717, 1.165) is 12.1 Å². The van der Waals surface area contributed by atoms with Crippen LogP contribution in [0.25, 0.3) is 0 Å². The number of nitrogens with zero attached hydrogens (tertiary/aromatic N) is 1. The number of hydrogen-bond acceptors (Lipinski definition) is 1. The van der Waals surface area contributed by atoms with Crippen LogP contribution in [0.4, 0.5) is 8.78 Å². The molecule has 1 aromatic carbocycles. The van der Waals surface area contributed by atoms with Crippen LogP contribution in [0.2, 0.25) is 0 Å². The van der Waals surface area contributed by atoms with Gasteiger partial charge in [-0.1, -0.05) is 6.92 Å². The Morgan fingerprint density at radius 2 is 2.17 bits per heavy atom. The van der Waals surface area contributed by atoms with Crippen molar-refractivity contribution in [3.8, 4) is 0 Å². The van der Waals surface area contributed by atoms with E-state index in [2.05, 4.69) is 0 Å². The highest BCUT2D eigenvalue weighted by molar-refractivity contribution is 6.20. The third-order valence-corrected chi connectivity index (χ3v) is 3.90. The minimum atomic E-state index is -0.819. The van der Waals surface area contributed by atoms with E-state index in [1.54, 1.807) is 4.90 Å². The lowest BCUT2D eigenvalue weighted by molar-refractivity contribution is 0.0682. The predicted molar refractivity (Wildman–Crippen MR) is 65.7 cm³/mol. The van der Waals surface area contributed by atoms with Crippen LogP contribution in [0.15, 0.2) is 18.2 Å². The molecule has 5 heteroatoms. The summed E-state index contributed by atoms with van der Waals surface area (Å²) in [5.74, 6) is -1.73. The fourth-order valence-corrected chi connectivity index (χ4v) is 2.31. The zero-order chi connectivity index (χ0) is 13.3. The van der Waals surface area contributed by atoms with Crippen LogP contribution in [0, 0.1) is 17.6 Å². The van der Waals surface area contributed by atoms with Crippen LogP contribution in [0.1, 0.15) is 23.7 Å². The molecule has 1 amide bonds. The first-order chi connectivity index (χ1) is 8.49. The molecule has 2 nitrogen and oxygen atoms in total. The standard InChI is InChI=1S/C13H14ClF2NO/c1-8-7-17(5-4-11(8)14)13(18)10-3-2-9(15)6-12(10)16/h2-3,6,8,11H,4-5,7H2,1H3. The number of alkyl halides is 1. The molecule has 0 aliphatic carbocycles. The molecule has 18 heavy (non-hydrogen) atoms. The molecule has 1 aromatic rings. The number of amides is 1. The second-order valence-corrected chi connectivity index (χ2v) is 5.22. The molecule has 0 N–H and O–H groups in total. The molecule has 1 aliphatic rings. The largest absolute Gasteiger partial charge is 0.338 e. The average Bonchev–Trinajstić information content (AvgIpc) is 2.32. The zero-order valence-corrected chi connectivity index (χ0v) is 10.8. The molecule has 1 saturated heterocycles. The van der Waals surface area contributed by atoms with Crippen molar-refractivity contribution >= 4 is 17.5 Å². The topological polar surface area (TPSA) is 20.3 Å². The van der Waals surface area contributed by atoms with Crippen molar-refractivity contribution in [2.24, 2.45) is 5.92 Å². The van der Waals surface area contributed by atoms with Gasteiger partial charge in [0.1, 0.15) is 11.6 Å². The van der Waals surface area contributed by atoms with Gasteiger partial charge in [0, 0.05) is 24.5 Å². The zero-order valence-electron chi connectivity index (χ0n) is 10.00. The second-order valence-electron chi connectivity index (χ2n) is 4.66. The van der Waals surface area contributed by atoms with Crippen LogP contribution in [-0.2, 0) is 0 Å². The lowest BCUT2D eigenvalue weighted by atomic mass is 9.99. The van der Waals surface area contributed by atoms with Crippen LogP contribution in [-0.4, -0.2) is 29.3 Å². The molecular formula is C13H14ClF2NO. The quantitative estimate of drug-likeness (QED) is 0.720. The van der Waals surface area contributed by atoms with E-state index in [1.165, 1.54) is 6.07 Å². The highest BCUT2D eigenvalue weighted by Crippen LogP contribution is 2.23. The maximum atomic E-state index is 13.5. The van der Waals surface area contributed by atoms with Gasteiger partial charge in [0.2, 0.25) is 0 Å². The molecule has 2 rings (SSSR count).